The molecule has 6 rings (SSSR count). The van der Waals surface area contributed by atoms with Gasteiger partial charge in [0.15, 0.2) is 0 Å². The number of piperidine rings is 1. The second-order valence-electron chi connectivity index (χ2n) is 12.6. The zero-order chi connectivity index (χ0) is 31.0. The van der Waals surface area contributed by atoms with E-state index < -0.39 is 11.3 Å². The lowest BCUT2D eigenvalue weighted by molar-refractivity contribution is -0.165. The van der Waals surface area contributed by atoms with E-state index in [0.717, 1.165) is 30.8 Å². The van der Waals surface area contributed by atoms with Gasteiger partial charge in [0.25, 0.3) is 0 Å². The smallest absolute Gasteiger partial charge is 0.311 e. The van der Waals surface area contributed by atoms with Gasteiger partial charge in [-0.3, -0.25) is 14.5 Å². The largest absolute Gasteiger partial charge is 0.469 e. The second kappa shape index (κ2) is 12.4. The third-order valence-electron chi connectivity index (χ3n) is 10.3. The van der Waals surface area contributed by atoms with Crippen LogP contribution >= 0.6 is 0 Å². The van der Waals surface area contributed by atoms with Gasteiger partial charge in [0.05, 0.1) is 37.7 Å². The Morgan fingerprint density at radius 1 is 1.11 bits per heavy atom. The van der Waals surface area contributed by atoms with E-state index in [9.17, 15) is 18.4 Å². The maximum absolute atomic E-state index is 14.6. The van der Waals surface area contributed by atoms with Gasteiger partial charge in [0, 0.05) is 18.3 Å². The number of carbonyl (C=O) groups is 2. The van der Waals surface area contributed by atoms with Gasteiger partial charge in [-0.2, -0.15) is 0 Å². The first kappa shape index (κ1) is 30.4. The van der Waals surface area contributed by atoms with Crippen molar-refractivity contribution in [3.63, 3.8) is 0 Å². The predicted octanol–water partition coefficient (Wildman–Crippen LogP) is 6.19. The Hall–Kier alpha value is -3.62. The molecular formula is C36H40F2N2O4. The van der Waals surface area contributed by atoms with Crippen LogP contribution in [0.1, 0.15) is 43.7 Å². The van der Waals surface area contributed by atoms with E-state index in [2.05, 4.69) is 11.5 Å². The number of carbonyl (C=O) groups excluding carboxylic acids is 2. The van der Waals surface area contributed by atoms with Gasteiger partial charge < -0.3 is 14.4 Å². The number of rotatable bonds is 7. The molecule has 0 bridgehead atoms. The Labute approximate surface area is 258 Å². The number of likely N-dealkylation sites (tertiary alicyclic amines) is 1. The average Bonchev–Trinajstić information content (AvgIpc) is 3.48. The van der Waals surface area contributed by atoms with E-state index in [0.29, 0.717) is 30.4 Å². The monoisotopic (exact) mass is 602 g/mol. The highest BCUT2D eigenvalue weighted by molar-refractivity contribution is 5.95. The number of esters is 1. The van der Waals surface area contributed by atoms with Gasteiger partial charge in [-0.1, -0.05) is 43.0 Å². The minimum atomic E-state index is -0.832. The quantitative estimate of drug-likeness (QED) is 0.354. The summed E-state index contributed by atoms with van der Waals surface area (Å²) in [5.74, 6) is -1.24. The van der Waals surface area contributed by atoms with Crippen molar-refractivity contribution < 1.29 is 27.8 Å². The highest BCUT2D eigenvalue weighted by atomic mass is 19.1. The summed E-state index contributed by atoms with van der Waals surface area (Å²) in [5, 5.41) is 0. The summed E-state index contributed by atoms with van der Waals surface area (Å²) in [7, 11) is 1.41. The van der Waals surface area contributed by atoms with Gasteiger partial charge in [-0.05, 0) is 98.0 Å². The van der Waals surface area contributed by atoms with Crippen molar-refractivity contribution in [3.8, 4) is 0 Å². The van der Waals surface area contributed by atoms with Gasteiger partial charge in [0.1, 0.15) is 11.6 Å². The Bertz CT molecular complexity index is 1500. The lowest BCUT2D eigenvalue weighted by Gasteiger charge is -2.50. The predicted molar refractivity (Wildman–Crippen MR) is 163 cm³/mol. The van der Waals surface area contributed by atoms with E-state index in [1.807, 2.05) is 37.3 Å². The van der Waals surface area contributed by atoms with Crippen molar-refractivity contribution in [1.29, 1.82) is 0 Å². The Morgan fingerprint density at radius 2 is 1.84 bits per heavy atom. The molecule has 6 nitrogen and oxygen atoms in total. The van der Waals surface area contributed by atoms with Crippen molar-refractivity contribution in [1.82, 2.24) is 9.80 Å². The molecule has 4 aliphatic rings. The minimum Gasteiger partial charge on any atom is -0.469 e. The third kappa shape index (κ3) is 5.32. The molecule has 8 heteroatoms. The van der Waals surface area contributed by atoms with Gasteiger partial charge in [0.2, 0.25) is 5.91 Å². The van der Waals surface area contributed by atoms with Gasteiger partial charge in [-0.15, -0.1) is 0 Å². The topological polar surface area (TPSA) is 59.1 Å². The summed E-state index contributed by atoms with van der Waals surface area (Å²) in [6.07, 6.45) is 8.27. The molecule has 4 fully saturated rings. The van der Waals surface area contributed by atoms with Gasteiger partial charge in [-0.25, -0.2) is 8.78 Å². The number of benzene rings is 2. The van der Waals surface area contributed by atoms with E-state index in [1.54, 1.807) is 17.0 Å². The molecule has 232 valence electrons. The van der Waals surface area contributed by atoms with Crippen LogP contribution in [0.3, 0.4) is 0 Å². The first-order chi connectivity index (χ1) is 21.3. The van der Waals surface area contributed by atoms with Crippen molar-refractivity contribution >= 4 is 11.9 Å². The van der Waals surface area contributed by atoms with E-state index in [-0.39, 0.29) is 60.6 Å². The molecular weight excluding hydrogens is 562 g/mol. The number of halogens is 2. The number of fused-ring (bicyclic) bond motifs is 3. The normalized spacial score (nSPS) is 31.2. The summed E-state index contributed by atoms with van der Waals surface area (Å²) in [4.78, 5) is 32.1. The van der Waals surface area contributed by atoms with Gasteiger partial charge >= 0.3 is 5.97 Å². The zero-order valence-electron chi connectivity index (χ0n) is 25.4. The molecule has 6 atom stereocenters. The fourth-order valence-corrected chi connectivity index (χ4v) is 8.29. The van der Waals surface area contributed by atoms with Crippen molar-refractivity contribution in [3.05, 3.63) is 107 Å². The molecule has 1 saturated carbocycles. The summed E-state index contributed by atoms with van der Waals surface area (Å²) in [5.41, 5.74) is 2.14. The third-order valence-corrected chi connectivity index (χ3v) is 10.3. The van der Waals surface area contributed by atoms with E-state index in [1.165, 1.54) is 31.4 Å². The molecule has 2 aromatic carbocycles. The first-order valence-electron chi connectivity index (χ1n) is 15.5. The lowest BCUT2D eigenvalue weighted by atomic mass is 9.62. The molecule has 0 radical (unpaired) electrons. The van der Waals surface area contributed by atoms with Crippen molar-refractivity contribution in [2.24, 2.45) is 23.2 Å². The lowest BCUT2D eigenvalue weighted by Crippen LogP contribution is -2.57. The van der Waals surface area contributed by atoms with Crippen LogP contribution in [0.25, 0.3) is 0 Å². The van der Waals surface area contributed by atoms with Crippen molar-refractivity contribution in [2.75, 3.05) is 20.2 Å². The standard InChI is InChI=1S/C36H40F2N2O4/c1-4-5-12-30-23(2)36(35(42)40(30)20-24-8-6-10-27(37)17-24)15-16-39-21-26-13-14-31(44-22-25-9-7-11-28(38)18-25)33(34(41)43-3)29(26)19-32(36)39/h4-12,17-18,26,29,31-33H,2,13-16,19-22H2,1,3H3/b5-4-,30-12+/t26-,29-,31-,32-,33+,36-/m0/s1. The van der Waals surface area contributed by atoms with E-state index in [4.69, 9.17) is 9.47 Å². The molecule has 44 heavy (non-hydrogen) atoms. The number of hydrogen-bond donors (Lipinski definition) is 0. The molecule has 3 heterocycles. The van der Waals surface area contributed by atoms with Crippen molar-refractivity contribution in [2.45, 2.75) is 57.9 Å². The number of ether oxygens (including phenoxy) is 2. The maximum Gasteiger partial charge on any atom is 0.311 e. The molecule has 1 aliphatic carbocycles. The first-order valence-corrected chi connectivity index (χ1v) is 15.5. The molecule has 2 aromatic rings. The Kier molecular flexibility index (Phi) is 8.57. The van der Waals surface area contributed by atoms with Crippen LogP contribution in [0.5, 0.6) is 0 Å². The molecule has 3 aliphatic heterocycles. The van der Waals surface area contributed by atoms with Crippen LogP contribution in [0.2, 0.25) is 0 Å². The van der Waals surface area contributed by atoms with Crippen LogP contribution in [0.15, 0.2) is 84.6 Å². The SMILES string of the molecule is C=C1/C(=C\C=C/C)N(Cc2cccc(F)c2)C(=O)[C@@]12CCN1C[C@@H]3CC[C@H](OCc4cccc(F)c4)[C@H](C(=O)OC)[C@H]3C[C@H]12. The molecule has 1 spiro atoms. The summed E-state index contributed by atoms with van der Waals surface area (Å²) in [6, 6.07) is 12.5. The van der Waals surface area contributed by atoms with Crippen LogP contribution in [-0.4, -0.2) is 54.0 Å². The number of hydrogen-bond acceptors (Lipinski definition) is 5. The Balaban J connectivity index is 1.30. The van der Waals surface area contributed by atoms with Crippen LogP contribution in [-0.2, 0) is 32.2 Å². The van der Waals surface area contributed by atoms with Crippen LogP contribution < -0.4 is 0 Å². The van der Waals surface area contributed by atoms with Crippen LogP contribution in [0.4, 0.5) is 8.78 Å². The average molecular weight is 603 g/mol. The molecule has 3 saturated heterocycles. The summed E-state index contributed by atoms with van der Waals surface area (Å²) >= 11 is 0. The second-order valence-corrected chi connectivity index (χ2v) is 12.6. The Morgan fingerprint density at radius 3 is 2.55 bits per heavy atom. The number of allylic oxidation sites excluding steroid dienone is 4. The summed E-state index contributed by atoms with van der Waals surface area (Å²) in [6.45, 7) is 8.46. The fraction of sp³-hybridized carbons (Fsp3) is 0.444. The zero-order valence-corrected chi connectivity index (χ0v) is 25.4. The maximum atomic E-state index is 14.6. The summed E-state index contributed by atoms with van der Waals surface area (Å²) < 4.78 is 39.6. The molecule has 0 unspecified atom stereocenters. The number of amides is 1. The molecule has 1 amide bonds. The molecule has 0 N–H and O–H groups in total. The molecule has 0 aromatic heterocycles. The highest BCUT2D eigenvalue weighted by Gasteiger charge is 2.64. The fourth-order valence-electron chi connectivity index (χ4n) is 8.29. The highest BCUT2D eigenvalue weighted by Crippen LogP contribution is 2.58. The van der Waals surface area contributed by atoms with Crippen LogP contribution in [0, 0.1) is 34.8 Å². The minimum absolute atomic E-state index is 0.0159. The number of nitrogens with zero attached hydrogens (tertiary/aromatic N) is 2. The number of methoxy groups -OCH3 is 1. The van der Waals surface area contributed by atoms with E-state index >= 15 is 0 Å².